The Bertz CT molecular complexity index is 943. The van der Waals surface area contributed by atoms with Crippen LogP contribution in [0.5, 0.6) is 5.75 Å². The summed E-state index contributed by atoms with van der Waals surface area (Å²) in [5.74, 6) is 0.698. The normalized spacial score (nSPS) is 10.2. The summed E-state index contributed by atoms with van der Waals surface area (Å²) in [4.78, 5) is 23.9. The highest BCUT2D eigenvalue weighted by Crippen LogP contribution is 2.14. The number of hydrogen-bond acceptors (Lipinski definition) is 4. The molecule has 3 amide bonds. The molecule has 8 heteroatoms. The highest BCUT2D eigenvalue weighted by Gasteiger charge is 2.12. The van der Waals surface area contributed by atoms with Gasteiger partial charge in [0, 0.05) is 11.0 Å². The summed E-state index contributed by atoms with van der Waals surface area (Å²) >= 11 is 3.37. The van der Waals surface area contributed by atoms with Gasteiger partial charge in [-0.2, -0.15) is 0 Å². The number of hydrogen-bond donors (Lipinski definition) is 3. The topological polar surface area (TPSA) is 92.6 Å². The highest BCUT2D eigenvalue weighted by atomic mass is 79.9. The molecular weight excluding hydrogens is 426 g/mol. The van der Waals surface area contributed by atoms with Crippen molar-refractivity contribution < 1.29 is 18.7 Å². The first kappa shape index (κ1) is 19.5. The molecule has 0 aliphatic heterocycles. The molecule has 0 fully saturated rings. The van der Waals surface area contributed by atoms with Crippen LogP contribution in [0.15, 0.2) is 75.6 Å². The Balaban J connectivity index is 1.42. The van der Waals surface area contributed by atoms with E-state index in [0.29, 0.717) is 18.1 Å². The van der Waals surface area contributed by atoms with E-state index in [9.17, 15) is 9.59 Å². The van der Waals surface area contributed by atoms with Crippen molar-refractivity contribution in [3.05, 3.63) is 88.3 Å². The van der Waals surface area contributed by atoms with Gasteiger partial charge in [-0.3, -0.25) is 10.2 Å². The Morgan fingerprint density at radius 1 is 0.964 bits per heavy atom. The second-order valence-electron chi connectivity index (χ2n) is 5.76. The fraction of sp³-hybridized carbons (Fsp3) is 0.100. The van der Waals surface area contributed by atoms with E-state index < -0.39 is 11.9 Å². The van der Waals surface area contributed by atoms with E-state index >= 15 is 0 Å². The van der Waals surface area contributed by atoms with Crippen LogP contribution < -0.4 is 20.9 Å². The molecule has 0 unspecified atom stereocenters. The molecule has 144 valence electrons. The maximum Gasteiger partial charge on any atom is 0.333 e. The van der Waals surface area contributed by atoms with Crippen molar-refractivity contribution in [1.29, 1.82) is 0 Å². The van der Waals surface area contributed by atoms with E-state index in [4.69, 9.17) is 9.15 Å². The maximum atomic E-state index is 12.1. The number of furan rings is 1. The van der Waals surface area contributed by atoms with E-state index in [1.807, 2.05) is 54.6 Å². The van der Waals surface area contributed by atoms with E-state index in [-0.39, 0.29) is 12.4 Å². The number of para-hydroxylation sites is 1. The van der Waals surface area contributed by atoms with Gasteiger partial charge in [0.1, 0.15) is 18.1 Å². The molecule has 0 saturated heterocycles. The second kappa shape index (κ2) is 9.61. The molecule has 0 bridgehead atoms. The largest absolute Gasteiger partial charge is 0.486 e. The molecule has 0 aliphatic rings. The van der Waals surface area contributed by atoms with Crippen LogP contribution >= 0.6 is 15.9 Å². The third-order valence-corrected chi connectivity index (χ3v) is 4.13. The van der Waals surface area contributed by atoms with E-state index in [1.54, 1.807) is 6.07 Å². The monoisotopic (exact) mass is 443 g/mol. The van der Waals surface area contributed by atoms with Crippen LogP contribution in [0.3, 0.4) is 0 Å². The molecule has 3 rings (SSSR count). The fourth-order valence-corrected chi connectivity index (χ4v) is 2.74. The number of hydrazine groups is 1. The van der Waals surface area contributed by atoms with Crippen molar-refractivity contribution in [3.8, 4) is 5.75 Å². The van der Waals surface area contributed by atoms with E-state index in [0.717, 1.165) is 10.0 Å². The summed E-state index contributed by atoms with van der Waals surface area (Å²) in [5, 5.41) is 2.64. The second-order valence-corrected chi connectivity index (χ2v) is 6.68. The predicted molar refractivity (Wildman–Crippen MR) is 106 cm³/mol. The fourth-order valence-electron chi connectivity index (χ4n) is 2.30. The average Bonchev–Trinajstić information content (AvgIpc) is 3.19. The van der Waals surface area contributed by atoms with Gasteiger partial charge in [0.25, 0.3) is 0 Å². The minimum atomic E-state index is -0.566. The Labute approximate surface area is 170 Å². The van der Waals surface area contributed by atoms with Gasteiger partial charge in [0.05, 0.1) is 0 Å². The zero-order valence-electron chi connectivity index (χ0n) is 14.8. The van der Waals surface area contributed by atoms with Crippen LogP contribution in [0, 0.1) is 0 Å². The number of carbonyl (C=O) groups is 2. The molecule has 0 saturated carbocycles. The van der Waals surface area contributed by atoms with Crippen LogP contribution in [-0.4, -0.2) is 11.9 Å². The minimum absolute atomic E-state index is 0.0685. The quantitative estimate of drug-likeness (QED) is 0.505. The number of benzene rings is 2. The van der Waals surface area contributed by atoms with Gasteiger partial charge in [-0.05, 0) is 42.0 Å². The molecule has 7 nitrogen and oxygen atoms in total. The molecule has 3 aromatic rings. The molecule has 28 heavy (non-hydrogen) atoms. The Morgan fingerprint density at radius 2 is 1.79 bits per heavy atom. The lowest BCUT2D eigenvalue weighted by Gasteiger charge is -2.08. The molecule has 0 spiro atoms. The van der Waals surface area contributed by atoms with Crippen LogP contribution in [0.2, 0.25) is 0 Å². The molecule has 2 aromatic carbocycles. The van der Waals surface area contributed by atoms with E-state index in [1.165, 1.54) is 6.07 Å². The van der Waals surface area contributed by atoms with Gasteiger partial charge in [-0.1, -0.05) is 46.3 Å². The zero-order valence-corrected chi connectivity index (χ0v) is 16.4. The number of urea groups is 1. The number of carbonyl (C=O) groups excluding carboxylic acids is 2. The Morgan fingerprint density at radius 3 is 2.57 bits per heavy atom. The molecule has 0 radical (unpaired) electrons. The number of nitrogens with one attached hydrogen (secondary N) is 3. The van der Waals surface area contributed by atoms with Gasteiger partial charge in [0.15, 0.2) is 5.76 Å². The summed E-state index contributed by atoms with van der Waals surface area (Å²) in [5.41, 5.74) is 5.49. The summed E-state index contributed by atoms with van der Waals surface area (Å²) in [7, 11) is 0. The van der Waals surface area contributed by atoms with Gasteiger partial charge in [-0.15, -0.1) is 0 Å². The van der Waals surface area contributed by atoms with Gasteiger partial charge >= 0.3 is 11.9 Å². The zero-order chi connectivity index (χ0) is 19.8. The number of ether oxygens (including phenoxy) is 1. The molecule has 1 heterocycles. The Hall–Kier alpha value is -3.26. The van der Waals surface area contributed by atoms with Crippen LogP contribution in [0.4, 0.5) is 4.79 Å². The standard InChI is InChI=1S/C20H18BrN3O4/c21-15-6-4-5-14(11-15)12-22-20(26)24-23-19(25)18-10-9-17(28-18)13-27-16-7-2-1-3-8-16/h1-11H,12-13H2,(H,23,25)(H2,22,24,26). The highest BCUT2D eigenvalue weighted by molar-refractivity contribution is 9.10. The minimum Gasteiger partial charge on any atom is -0.486 e. The smallest absolute Gasteiger partial charge is 0.333 e. The maximum absolute atomic E-state index is 12.1. The van der Waals surface area contributed by atoms with Gasteiger partial charge in [-0.25, -0.2) is 10.2 Å². The summed E-state index contributed by atoms with van der Waals surface area (Å²) < 4.78 is 11.9. The third-order valence-electron chi connectivity index (χ3n) is 3.64. The van der Waals surface area contributed by atoms with Crippen LogP contribution in [-0.2, 0) is 13.2 Å². The van der Waals surface area contributed by atoms with Crippen molar-refractivity contribution in [2.45, 2.75) is 13.2 Å². The number of amides is 3. The van der Waals surface area contributed by atoms with Gasteiger partial charge < -0.3 is 14.5 Å². The lowest BCUT2D eigenvalue weighted by molar-refractivity contribution is 0.0904. The lowest BCUT2D eigenvalue weighted by atomic mass is 10.2. The van der Waals surface area contributed by atoms with Crippen molar-refractivity contribution in [2.75, 3.05) is 0 Å². The number of halogens is 1. The molecule has 0 aliphatic carbocycles. The van der Waals surface area contributed by atoms with Crippen molar-refractivity contribution in [3.63, 3.8) is 0 Å². The SMILES string of the molecule is O=C(NCc1cccc(Br)c1)NNC(=O)c1ccc(COc2ccccc2)o1. The number of rotatable bonds is 6. The van der Waals surface area contributed by atoms with Crippen molar-refractivity contribution >= 4 is 27.9 Å². The molecule has 0 atom stereocenters. The van der Waals surface area contributed by atoms with Crippen LogP contribution in [0.25, 0.3) is 0 Å². The lowest BCUT2D eigenvalue weighted by Crippen LogP contribution is -2.46. The van der Waals surface area contributed by atoms with Crippen molar-refractivity contribution in [2.24, 2.45) is 0 Å². The first-order valence-electron chi connectivity index (χ1n) is 8.45. The first-order chi connectivity index (χ1) is 13.6. The molecular formula is C20H18BrN3O4. The predicted octanol–water partition coefficient (Wildman–Crippen LogP) is 3.77. The Kier molecular flexibility index (Phi) is 6.69. The third kappa shape index (κ3) is 5.88. The van der Waals surface area contributed by atoms with Crippen molar-refractivity contribution in [1.82, 2.24) is 16.2 Å². The first-order valence-corrected chi connectivity index (χ1v) is 9.24. The summed E-state index contributed by atoms with van der Waals surface area (Å²) in [6.07, 6.45) is 0. The van der Waals surface area contributed by atoms with Crippen LogP contribution in [0.1, 0.15) is 21.9 Å². The average molecular weight is 444 g/mol. The molecule has 1 aromatic heterocycles. The summed E-state index contributed by atoms with van der Waals surface area (Å²) in [6, 6.07) is 19.4. The summed E-state index contributed by atoms with van der Waals surface area (Å²) in [6.45, 7) is 0.515. The van der Waals surface area contributed by atoms with Gasteiger partial charge in [0.2, 0.25) is 0 Å². The van der Waals surface area contributed by atoms with E-state index in [2.05, 4.69) is 32.1 Å². The molecule has 3 N–H and O–H groups in total.